The third-order valence-electron chi connectivity index (χ3n) is 4.53. The van der Waals surface area contributed by atoms with Gasteiger partial charge in [0.1, 0.15) is 0 Å². The lowest BCUT2D eigenvalue weighted by Gasteiger charge is -2.33. The summed E-state index contributed by atoms with van der Waals surface area (Å²) in [6, 6.07) is -1.06. The van der Waals surface area contributed by atoms with Crippen LogP contribution in [0.3, 0.4) is 0 Å². The molecule has 0 heterocycles. The van der Waals surface area contributed by atoms with Crippen molar-refractivity contribution in [1.82, 2.24) is 10.6 Å². The van der Waals surface area contributed by atoms with Crippen LogP contribution < -0.4 is 22.1 Å². The van der Waals surface area contributed by atoms with Crippen LogP contribution in [0.2, 0.25) is 6.04 Å². The zero-order chi connectivity index (χ0) is 36.2. The number of carbonyl (C=O) groups is 2. The number of primary amides is 2. The fraction of sp³-hybridized carbons (Fsp3) is 0.900. The Morgan fingerprint density at radius 1 is 0.756 bits per heavy atom. The van der Waals surface area contributed by atoms with Crippen molar-refractivity contribution in [3.63, 3.8) is 0 Å². The normalized spacial score (nSPS) is 12.9. The smallest absolute Gasteiger partial charge is 0.374 e. The van der Waals surface area contributed by atoms with Gasteiger partial charge in [-0.25, -0.2) is 14.3 Å². The van der Waals surface area contributed by atoms with E-state index in [1.165, 1.54) is 0 Å². The molecule has 0 radical (unpaired) electrons. The zero-order valence-corrected chi connectivity index (χ0v) is 28.4. The molecule has 6 N–H and O–H groups in total. The van der Waals surface area contributed by atoms with E-state index in [0.29, 0.717) is 44.0 Å². The molecule has 0 aliphatic rings. The van der Waals surface area contributed by atoms with E-state index in [2.05, 4.69) is 22.1 Å². The quantitative estimate of drug-likeness (QED) is 0.0634. The maximum absolute atomic E-state index is 13.6. The minimum atomic E-state index is -7.15. The standard InChI is InChI=1S/C19H31F11N2O5SSi.CH4N2O.FH3Si/c1-4-34-39(35-5-2,36-6-3)13-7-9-31-14(33)32-10-12-38-11-8-15(20,21)18(27,28)37-19(29,30)16(22,23)17(24,25)26;2-1(3)4;1-2/h4-13H2,1-3H3,(H2,31,32,33);(H4,2,3,4);2H3. The van der Waals surface area contributed by atoms with E-state index < -0.39 is 63.3 Å². The molecule has 0 unspecified atom stereocenters. The number of alkyl halides is 11. The summed E-state index contributed by atoms with van der Waals surface area (Å²) in [5.74, 6) is -13.6. The van der Waals surface area contributed by atoms with E-state index >= 15 is 0 Å². The summed E-state index contributed by atoms with van der Waals surface area (Å²) in [6.45, 7) is 6.51. The molecule has 0 fully saturated rings. The van der Waals surface area contributed by atoms with Gasteiger partial charge in [0.05, 0.1) is 0 Å². The first-order chi connectivity index (χ1) is 20.5. The average molecular weight is 747 g/mol. The van der Waals surface area contributed by atoms with Gasteiger partial charge in [-0.15, -0.1) is 0 Å². The Bertz CT molecular complexity index is 819. The van der Waals surface area contributed by atoms with Crippen molar-refractivity contribution < 1.29 is 80.0 Å². The molecule has 10 nitrogen and oxygen atoms in total. The number of nitrogens with one attached hydrogen (secondary N) is 2. The van der Waals surface area contributed by atoms with Crippen LogP contribution in [-0.2, 0) is 18.0 Å². The summed E-state index contributed by atoms with van der Waals surface area (Å²) in [6.07, 6.45) is -21.8. The van der Waals surface area contributed by atoms with Crippen molar-refractivity contribution in [2.75, 3.05) is 44.4 Å². The van der Waals surface area contributed by atoms with Crippen LogP contribution in [-0.4, -0.2) is 106 Å². The van der Waals surface area contributed by atoms with Crippen molar-refractivity contribution in [3.05, 3.63) is 0 Å². The highest BCUT2D eigenvalue weighted by Gasteiger charge is 2.78. The van der Waals surface area contributed by atoms with Crippen LogP contribution >= 0.6 is 11.8 Å². The zero-order valence-electron chi connectivity index (χ0n) is 24.6. The number of thioether (sulfide) groups is 1. The van der Waals surface area contributed by atoms with Crippen LogP contribution in [0.1, 0.15) is 33.6 Å². The Morgan fingerprint density at radius 2 is 1.18 bits per heavy atom. The van der Waals surface area contributed by atoms with Crippen molar-refractivity contribution in [2.24, 2.45) is 11.5 Å². The topological polar surface area (TPSA) is 147 Å². The monoisotopic (exact) mass is 746 g/mol. The summed E-state index contributed by atoms with van der Waals surface area (Å²) in [5, 5.41) is 4.85. The number of rotatable bonds is 20. The van der Waals surface area contributed by atoms with Gasteiger partial charge in [-0.2, -0.15) is 60.1 Å². The first kappa shape index (κ1) is 47.7. The maximum atomic E-state index is 13.6. The van der Waals surface area contributed by atoms with E-state index in [9.17, 15) is 57.2 Å². The van der Waals surface area contributed by atoms with Crippen molar-refractivity contribution in [3.8, 4) is 0 Å². The first-order valence-corrected chi connectivity index (χ1v) is 16.5. The first-order valence-electron chi connectivity index (χ1n) is 12.7. The second kappa shape index (κ2) is 22.0. The predicted octanol–water partition coefficient (Wildman–Crippen LogP) is 4.14. The number of hydrogen-bond donors (Lipinski definition) is 4. The van der Waals surface area contributed by atoms with E-state index in [1.54, 1.807) is 20.8 Å². The van der Waals surface area contributed by atoms with Gasteiger partial charge in [0.15, 0.2) is 0 Å². The largest absolute Gasteiger partial charge is 0.500 e. The minimum Gasteiger partial charge on any atom is -0.374 e. The van der Waals surface area contributed by atoms with Crippen LogP contribution in [0.5, 0.6) is 0 Å². The molecule has 0 aromatic rings. The number of carbonyl (C=O) groups excluding carboxylic acids is 2. The Labute approximate surface area is 259 Å². The fourth-order valence-corrected chi connectivity index (χ4v) is 6.18. The van der Waals surface area contributed by atoms with Crippen molar-refractivity contribution in [2.45, 2.75) is 69.9 Å². The lowest BCUT2D eigenvalue weighted by molar-refractivity contribution is -0.496. The Kier molecular flexibility index (Phi) is 23.3. The SMILES string of the molecule is CCO[Si](CCCNC(=O)NCCSCCC(F)(F)C(F)(F)OC(F)(F)C(F)(F)C(F)(F)F)(OCC)OCC.F[SiH3].NC(N)=O. The van der Waals surface area contributed by atoms with Crippen molar-refractivity contribution in [1.29, 1.82) is 0 Å². The Balaban J connectivity index is -0.00000270. The summed E-state index contributed by atoms with van der Waals surface area (Å²) >= 11 is 0.543. The Morgan fingerprint density at radius 3 is 1.58 bits per heavy atom. The Hall–Kier alpha value is -1.68. The highest BCUT2D eigenvalue weighted by molar-refractivity contribution is 7.99. The number of urea groups is 2. The van der Waals surface area contributed by atoms with Crippen LogP contribution in [0.4, 0.5) is 62.0 Å². The molecule has 272 valence electrons. The number of ether oxygens (including phenoxy) is 1. The number of hydrogen-bond acceptors (Lipinski definition) is 7. The summed E-state index contributed by atoms with van der Waals surface area (Å²) in [7, 11) is -3.09. The minimum absolute atomic E-state index is 0.118. The molecule has 25 heteroatoms. The summed E-state index contributed by atoms with van der Waals surface area (Å²) < 4.78 is 170. The molecule has 0 rings (SSSR count). The lowest BCUT2D eigenvalue weighted by atomic mass is 10.2. The molecule has 0 spiro atoms. The molecule has 0 saturated carbocycles. The van der Waals surface area contributed by atoms with Gasteiger partial charge in [0.2, 0.25) is 10.6 Å². The molecular formula is C20H38F12N4O6SSi2. The molecule has 45 heavy (non-hydrogen) atoms. The number of amides is 4. The molecular weight excluding hydrogens is 708 g/mol. The van der Waals surface area contributed by atoms with Crippen LogP contribution in [0.25, 0.3) is 0 Å². The van der Waals surface area contributed by atoms with Crippen LogP contribution in [0.15, 0.2) is 0 Å². The maximum Gasteiger partial charge on any atom is 0.500 e. The molecule has 0 aromatic carbocycles. The van der Waals surface area contributed by atoms with E-state index in [4.69, 9.17) is 18.1 Å². The number of halogens is 12. The molecule has 4 amide bonds. The highest BCUT2D eigenvalue weighted by Crippen LogP contribution is 2.51. The summed E-state index contributed by atoms with van der Waals surface area (Å²) in [4.78, 5) is 20.8. The molecule has 0 aliphatic heterocycles. The van der Waals surface area contributed by atoms with Gasteiger partial charge >= 0.3 is 51.1 Å². The molecule has 0 saturated heterocycles. The third-order valence-corrected chi connectivity index (χ3v) is 8.67. The van der Waals surface area contributed by atoms with Gasteiger partial charge in [0.25, 0.3) is 0 Å². The second-order valence-electron chi connectivity index (χ2n) is 7.95. The van der Waals surface area contributed by atoms with Crippen LogP contribution in [0, 0.1) is 0 Å². The van der Waals surface area contributed by atoms with Gasteiger partial charge in [-0.1, -0.05) is 0 Å². The van der Waals surface area contributed by atoms with E-state index in [-0.39, 0.29) is 29.4 Å². The number of nitrogens with two attached hydrogens (primary N) is 2. The van der Waals surface area contributed by atoms with Gasteiger partial charge in [-0.05, 0) is 32.9 Å². The fourth-order valence-electron chi connectivity index (χ4n) is 2.72. The van der Waals surface area contributed by atoms with Gasteiger partial charge in [0, 0.05) is 51.1 Å². The van der Waals surface area contributed by atoms with E-state index in [0.717, 1.165) is 0 Å². The molecule has 0 aromatic heterocycles. The molecule has 0 bridgehead atoms. The highest BCUT2D eigenvalue weighted by atomic mass is 32.2. The predicted molar refractivity (Wildman–Crippen MR) is 145 cm³/mol. The molecule has 0 atom stereocenters. The lowest BCUT2D eigenvalue weighted by Crippen LogP contribution is -2.58. The second-order valence-corrected chi connectivity index (χ2v) is 11.9. The van der Waals surface area contributed by atoms with Crippen molar-refractivity contribution >= 4 is 43.2 Å². The van der Waals surface area contributed by atoms with E-state index in [1.807, 2.05) is 4.74 Å². The van der Waals surface area contributed by atoms with Gasteiger partial charge < -0.3 is 39.5 Å². The van der Waals surface area contributed by atoms with Gasteiger partial charge in [-0.3, -0.25) is 0 Å². The molecule has 0 aliphatic carbocycles. The average Bonchev–Trinajstić information content (AvgIpc) is 2.88. The third kappa shape index (κ3) is 18.3. The summed E-state index contributed by atoms with van der Waals surface area (Å²) in [5.41, 5.74) is 8.50.